The van der Waals surface area contributed by atoms with Gasteiger partial charge >= 0.3 is 6.03 Å². The summed E-state index contributed by atoms with van der Waals surface area (Å²) < 4.78 is 1.58. The van der Waals surface area contributed by atoms with Crippen molar-refractivity contribution in [3.63, 3.8) is 0 Å². The van der Waals surface area contributed by atoms with Crippen molar-refractivity contribution in [3.8, 4) is 0 Å². The minimum atomic E-state index is -0.405. The maximum atomic E-state index is 12.7. The van der Waals surface area contributed by atoms with E-state index in [1.165, 1.54) is 4.90 Å². The molecule has 6 nitrogen and oxygen atoms in total. The van der Waals surface area contributed by atoms with Gasteiger partial charge in [0.05, 0.1) is 5.69 Å². The largest absolute Gasteiger partial charge is 0.333 e. The number of anilines is 1. The van der Waals surface area contributed by atoms with Crippen molar-refractivity contribution in [2.24, 2.45) is 7.05 Å². The minimum absolute atomic E-state index is 0.164. The second kappa shape index (κ2) is 4.43. The molecule has 1 fully saturated rings. The smallest absolute Gasteiger partial charge is 0.307 e. The van der Waals surface area contributed by atoms with Crippen LogP contribution >= 0.6 is 0 Å². The van der Waals surface area contributed by atoms with Crippen LogP contribution in [-0.4, -0.2) is 32.7 Å². The molecule has 0 spiro atoms. The number of hydrogen-bond donors (Lipinski definition) is 0. The summed E-state index contributed by atoms with van der Waals surface area (Å²) in [5, 5.41) is 4.23. The maximum absolute atomic E-state index is 12.7. The predicted molar refractivity (Wildman–Crippen MR) is 80.3 cm³/mol. The van der Waals surface area contributed by atoms with Crippen LogP contribution in [0.15, 0.2) is 30.3 Å². The van der Waals surface area contributed by atoms with E-state index in [4.69, 9.17) is 0 Å². The summed E-state index contributed by atoms with van der Waals surface area (Å²) >= 11 is 0. The number of hydrogen-bond acceptors (Lipinski definition) is 3. The van der Waals surface area contributed by atoms with Gasteiger partial charge in [0, 0.05) is 26.1 Å². The zero-order valence-electron chi connectivity index (χ0n) is 12.5. The third kappa shape index (κ3) is 1.70. The lowest BCUT2D eigenvalue weighted by Gasteiger charge is -2.28. The lowest BCUT2D eigenvalue weighted by molar-refractivity contribution is -0.120. The average Bonchev–Trinajstić information content (AvgIpc) is 2.95. The van der Waals surface area contributed by atoms with Crippen LogP contribution in [0.4, 0.5) is 10.6 Å². The van der Waals surface area contributed by atoms with Gasteiger partial charge in [-0.2, -0.15) is 5.10 Å². The molecule has 6 heteroatoms. The van der Waals surface area contributed by atoms with Crippen LogP contribution in [0.25, 0.3) is 0 Å². The quantitative estimate of drug-likeness (QED) is 0.751. The SMILES string of the molecule is Cc1cc(N2C(=O)[C@H]3Cc4ccccc4CN3C2=O)n(C)n1. The maximum Gasteiger partial charge on any atom is 0.333 e. The van der Waals surface area contributed by atoms with E-state index in [2.05, 4.69) is 5.10 Å². The highest BCUT2D eigenvalue weighted by atomic mass is 16.2. The van der Waals surface area contributed by atoms with Crippen molar-refractivity contribution in [2.45, 2.75) is 25.9 Å². The molecule has 0 unspecified atom stereocenters. The summed E-state index contributed by atoms with van der Waals surface area (Å²) in [6.45, 7) is 2.33. The molecule has 0 radical (unpaired) electrons. The molecule has 3 amide bonds. The fourth-order valence-corrected chi connectivity index (χ4v) is 3.33. The molecule has 2 aromatic rings. The molecular formula is C16H16N4O2. The Morgan fingerprint density at radius 1 is 1.18 bits per heavy atom. The van der Waals surface area contributed by atoms with Crippen molar-refractivity contribution in [3.05, 3.63) is 47.2 Å². The fraction of sp³-hybridized carbons (Fsp3) is 0.312. The van der Waals surface area contributed by atoms with Crippen molar-refractivity contribution in [1.82, 2.24) is 14.7 Å². The Bertz CT molecular complexity index is 752. The van der Waals surface area contributed by atoms with Crippen LogP contribution in [0.5, 0.6) is 0 Å². The number of rotatable bonds is 1. The molecule has 3 heterocycles. The minimum Gasteiger partial charge on any atom is -0.307 e. The van der Waals surface area contributed by atoms with E-state index in [0.29, 0.717) is 18.8 Å². The molecule has 0 saturated carbocycles. The third-order valence-electron chi connectivity index (χ3n) is 4.40. The normalized spacial score (nSPS) is 20.4. The number of amides is 3. The highest BCUT2D eigenvalue weighted by molar-refractivity contribution is 6.21. The van der Waals surface area contributed by atoms with Crippen LogP contribution in [-0.2, 0) is 24.8 Å². The van der Waals surface area contributed by atoms with Gasteiger partial charge in [0.2, 0.25) is 0 Å². The van der Waals surface area contributed by atoms with E-state index in [-0.39, 0.29) is 11.9 Å². The van der Waals surface area contributed by atoms with Crippen LogP contribution in [0.2, 0.25) is 0 Å². The summed E-state index contributed by atoms with van der Waals surface area (Å²) in [6.07, 6.45) is 0.577. The molecule has 1 atom stereocenters. The van der Waals surface area contributed by atoms with E-state index >= 15 is 0 Å². The number of carbonyl (C=O) groups is 2. The first kappa shape index (κ1) is 13.1. The molecule has 4 rings (SSSR count). The molecule has 2 aliphatic rings. The zero-order valence-corrected chi connectivity index (χ0v) is 12.5. The second-order valence-corrected chi connectivity index (χ2v) is 5.84. The number of aryl methyl sites for hydroxylation is 2. The van der Waals surface area contributed by atoms with E-state index in [9.17, 15) is 9.59 Å². The highest BCUT2D eigenvalue weighted by Gasteiger charge is 2.48. The van der Waals surface area contributed by atoms with Crippen LogP contribution in [0, 0.1) is 6.92 Å². The first-order chi connectivity index (χ1) is 10.6. The number of urea groups is 1. The van der Waals surface area contributed by atoms with E-state index in [1.807, 2.05) is 31.2 Å². The molecule has 112 valence electrons. The lowest BCUT2D eigenvalue weighted by atomic mass is 9.95. The van der Waals surface area contributed by atoms with Crippen molar-refractivity contribution in [1.29, 1.82) is 0 Å². The molecule has 1 aromatic carbocycles. The van der Waals surface area contributed by atoms with Gasteiger partial charge in [-0.3, -0.25) is 9.48 Å². The first-order valence-corrected chi connectivity index (χ1v) is 7.28. The Balaban J connectivity index is 1.74. The number of nitrogens with zero attached hydrogens (tertiary/aromatic N) is 4. The Hall–Kier alpha value is -2.63. The summed E-state index contributed by atoms with van der Waals surface area (Å²) in [4.78, 5) is 28.4. The van der Waals surface area contributed by atoms with E-state index < -0.39 is 6.04 Å². The zero-order chi connectivity index (χ0) is 15.4. The van der Waals surface area contributed by atoms with Gasteiger partial charge in [-0.15, -0.1) is 0 Å². The summed E-state index contributed by atoms with van der Waals surface area (Å²) in [5.41, 5.74) is 3.04. The average molecular weight is 296 g/mol. The number of fused-ring (bicyclic) bond motifs is 2. The number of aromatic nitrogens is 2. The van der Waals surface area contributed by atoms with Crippen LogP contribution in [0.3, 0.4) is 0 Å². The van der Waals surface area contributed by atoms with Crippen LogP contribution in [0.1, 0.15) is 16.8 Å². The molecule has 22 heavy (non-hydrogen) atoms. The topological polar surface area (TPSA) is 58.4 Å². The third-order valence-corrected chi connectivity index (χ3v) is 4.40. The molecule has 1 saturated heterocycles. The lowest BCUT2D eigenvalue weighted by Crippen LogP contribution is -2.39. The first-order valence-electron chi connectivity index (χ1n) is 7.28. The summed E-state index contributed by atoms with van der Waals surface area (Å²) in [7, 11) is 1.74. The number of imide groups is 1. The van der Waals surface area contributed by atoms with Gasteiger partial charge in [-0.1, -0.05) is 24.3 Å². The Kier molecular flexibility index (Phi) is 2.63. The summed E-state index contributed by atoms with van der Waals surface area (Å²) in [6, 6.07) is 9.08. The molecular weight excluding hydrogens is 280 g/mol. The predicted octanol–water partition coefficient (Wildman–Crippen LogP) is 1.62. The number of benzene rings is 1. The molecule has 0 bridgehead atoms. The van der Waals surface area contributed by atoms with Gasteiger partial charge < -0.3 is 4.90 Å². The van der Waals surface area contributed by atoms with E-state index in [1.54, 1.807) is 22.7 Å². The van der Waals surface area contributed by atoms with Gasteiger partial charge in [-0.25, -0.2) is 9.69 Å². The van der Waals surface area contributed by atoms with Gasteiger partial charge in [0.15, 0.2) is 0 Å². The van der Waals surface area contributed by atoms with E-state index in [0.717, 1.165) is 16.8 Å². The van der Waals surface area contributed by atoms with Gasteiger partial charge in [-0.05, 0) is 18.1 Å². The second-order valence-electron chi connectivity index (χ2n) is 5.84. The van der Waals surface area contributed by atoms with Gasteiger partial charge in [0.25, 0.3) is 5.91 Å². The molecule has 0 aliphatic carbocycles. The Labute approximate surface area is 127 Å². The Morgan fingerprint density at radius 2 is 1.91 bits per heavy atom. The standard InChI is InChI=1S/C16H16N4O2/c1-10-7-14(18(2)17-10)20-15(21)13-8-11-5-3-4-6-12(11)9-19(13)16(20)22/h3-7,13H,8-9H2,1-2H3/t13-/m1/s1. The van der Waals surface area contributed by atoms with Crippen molar-refractivity contribution in [2.75, 3.05) is 4.90 Å². The van der Waals surface area contributed by atoms with Crippen LogP contribution < -0.4 is 4.90 Å². The number of carbonyl (C=O) groups excluding carboxylic acids is 2. The molecule has 0 N–H and O–H groups in total. The molecule has 1 aromatic heterocycles. The Morgan fingerprint density at radius 3 is 2.59 bits per heavy atom. The molecule has 2 aliphatic heterocycles. The van der Waals surface area contributed by atoms with Crippen molar-refractivity contribution < 1.29 is 9.59 Å². The summed E-state index contributed by atoms with van der Waals surface area (Å²) in [5.74, 6) is 0.369. The monoisotopic (exact) mass is 296 g/mol. The fourth-order valence-electron chi connectivity index (χ4n) is 3.33. The highest BCUT2D eigenvalue weighted by Crippen LogP contribution is 2.32. The van der Waals surface area contributed by atoms with Crippen molar-refractivity contribution >= 4 is 17.8 Å². The van der Waals surface area contributed by atoms with Gasteiger partial charge in [0.1, 0.15) is 11.9 Å².